The SMILES string of the molecule is CCC(CO)Nc1cc(-n2cnc(C(=O)NC(CO)c3cccc(Cl)c3)c2)c(Cl)cn1. The summed E-state index contributed by atoms with van der Waals surface area (Å²) in [6.45, 7) is 1.64. The highest BCUT2D eigenvalue weighted by atomic mass is 35.5. The van der Waals surface area contributed by atoms with Gasteiger partial charge in [0.05, 0.1) is 42.2 Å². The number of pyridine rings is 1. The second kappa shape index (κ2) is 10.6. The van der Waals surface area contributed by atoms with Gasteiger partial charge < -0.3 is 25.4 Å². The van der Waals surface area contributed by atoms with Crippen molar-refractivity contribution in [2.75, 3.05) is 18.5 Å². The Bertz CT molecular complexity index is 1040. The third-order valence-electron chi connectivity index (χ3n) is 4.73. The van der Waals surface area contributed by atoms with Gasteiger partial charge in [-0.2, -0.15) is 0 Å². The molecule has 3 rings (SSSR count). The molecule has 0 saturated carbocycles. The molecule has 0 aliphatic carbocycles. The molecule has 164 valence electrons. The van der Waals surface area contributed by atoms with Crippen LogP contribution in [0.5, 0.6) is 0 Å². The largest absolute Gasteiger partial charge is 0.394 e. The number of aliphatic hydroxyl groups is 2. The van der Waals surface area contributed by atoms with Gasteiger partial charge in [0, 0.05) is 17.3 Å². The summed E-state index contributed by atoms with van der Waals surface area (Å²) < 4.78 is 1.61. The van der Waals surface area contributed by atoms with Gasteiger partial charge in [0.15, 0.2) is 0 Å². The molecule has 2 heterocycles. The van der Waals surface area contributed by atoms with Crippen LogP contribution in [0, 0.1) is 0 Å². The lowest BCUT2D eigenvalue weighted by atomic mass is 10.1. The van der Waals surface area contributed by atoms with E-state index in [4.69, 9.17) is 23.2 Å². The molecule has 0 radical (unpaired) electrons. The molecule has 0 spiro atoms. The van der Waals surface area contributed by atoms with Crippen LogP contribution in [0.4, 0.5) is 5.82 Å². The first-order valence-electron chi connectivity index (χ1n) is 9.69. The number of hydrogen-bond acceptors (Lipinski definition) is 6. The first kappa shape index (κ1) is 23.0. The van der Waals surface area contributed by atoms with Crippen LogP contribution in [-0.4, -0.2) is 49.9 Å². The van der Waals surface area contributed by atoms with Gasteiger partial charge in [0.25, 0.3) is 5.91 Å². The Morgan fingerprint density at radius 3 is 2.68 bits per heavy atom. The van der Waals surface area contributed by atoms with Gasteiger partial charge >= 0.3 is 0 Å². The van der Waals surface area contributed by atoms with Crippen LogP contribution in [0.25, 0.3) is 5.69 Å². The van der Waals surface area contributed by atoms with Crippen molar-refractivity contribution in [3.05, 3.63) is 70.4 Å². The fourth-order valence-corrected chi connectivity index (χ4v) is 3.35. The maximum absolute atomic E-state index is 12.7. The van der Waals surface area contributed by atoms with Crippen LogP contribution in [0.1, 0.15) is 35.4 Å². The number of imidazole rings is 1. The number of hydrogen-bond donors (Lipinski definition) is 4. The molecular formula is C21H23Cl2N5O3. The number of benzene rings is 1. The number of carbonyl (C=O) groups is 1. The number of nitrogens with one attached hydrogen (secondary N) is 2. The summed E-state index contributed by atoms with van der Waals surface area (Å²) in [5.74, 6) is 0.0916. The van der Waals surface area contributed by atoms with Gasteiger partial charge in [0.1, 0.15) is 17.8 Å². The summed E-state index contributed by atoms with van der Waals surface area (Å²) in [6, 6.07) is 7.88. The van der Waals surface area contributed by atoms with Crippen molar-refractivity contribution in [3.8, 4) is 5.69 Å². The minimum absolute atomic E-state index is 0.0236. The van der Waals surface area contributed by atoms with Crippen molar-refractivity contribution in [2.24, 2.45) is 0 Å². The summed E-state index contributed by atoms with van der Waals surface area (Å²) >= 11 is 12.3. The Labute approximate surface area is 189 Å². The fraction of sp³-hybridized carbons (Fsp3) is 0.286. The summed E-state index contributed by atoms with van der Waals surface area (Å²) in [4.78, 5) is 21.1. The van der Waals surface area contributed by atoms with Gasteiger partial charge in [-0.05, 0) is 24.1 Å². The number of nitrogens with zero attached hydrogens (tertiary/aromatic N) is 3. The predicted octanol–water partition coefficient (Wildman–Crippen LogP) is 3.22. The van der Waals surface area contributed by atoms with E-state index in [1.165, 1.54) is 18.7 Å². The van der Waals surface area contributed by atoms with Gasteiger partial charge in [-0.15, -0.1) is 0 Å². The van der Waals surface area contributed by atoms with Crippen LogP contribution in [-0.2, 0) is 0 Å². The molecule has 2 aromatic heterocycles. The van der Waals surface area contributed by atoms with E-state index in [9.17, 15) is 15.0 Å². The zero-order valence-electron chi connectivity index (χ0n) is 16.8. The maximum atomic E-state index is 12.7. The Hall–Kier alpha value is -2.65. The summed E-state index contributed by atoms with van der Waals surface area (Å²) in [5.41, 5.74) is 1.42. The normalized spacial score (nSPS) is 12.9. The second-order valence-electron chi connectivity index (χ2n) is 6.88. The summed E-state index contributed by atoms with van der Waals surface area (Å²) in [6.07, 6.45) is 5.22. The Kier molecular flexibility index (Phi) is 7.86. The van der Waals surface area contributed by atoms with Crippen molar-refractivity contribution in [1.82, 2.24) is 19.9 Å². The molecule has 0 aliphatic rings. The Morgan fingerprint density at radius 2 is 2.00 bits per heavy atom. The van der Waals surface area contributed by atoms with Crippen molar-refractivity contribution < 1.29 is 15.0 Å². The lowest BCUT2D eigenvalue weighted by Gasteiger charge is -2.16. The number of amides is 1. The Morgan fingerprint density at radius 1 is 1.19 bits per heavy atom. The molecule has 2 unspecified atom stereocenters. The van der Waals surface area contributed by atoms with E-state index >= 15 is 0 Å². The van der Waals surface area contributed by atoms with Crippen LogP contribution in [0.15, 0.2) is 49.1 Å². The van der Waals surface area contributed by atoms with E-state index in [0.29, 0.717) is 27.1 Å². The average molecular weight is 464 g/mol. The molecule has 0 fully saturated rings. The highest BCUT2D eigenvalue weighted by Crippen LogP contribution is 2.23. The third-order valence-corrected chi connectivity index (χ3v) is 5.26. The van der Waals surface area contributed by atoms with Crippen molar-refractivity contribution >= 4 is 34.9 Å². The highest BCUT2D eigenvalue weighted by molar-refractivity contribution is 6.32. The molecule has 0 saturated heterocycles. The summed E-state index contributed by atoms with van der Waals surface area (Å²) in [5, 5.41) is 25.8. The van der Waals surface area contributed by atoms with E-state index in [2.05, 4.69) is 20.6 Å². The molecule has 0 aliphatic heterocycles. The molecule has 4 N–H and O–H groups in total. The molecule has 1 amide bonds. The molecule has 10 heteroatoms. The molecular weight excluding hydrogens is 441 g/mol. The van der Waals surface area contributed by atoms with Crippen molar-refractivity contribution in [1.29, 1.82) is 0 Å². The lowest BCUT2D eigenvalue weighted by Crippen LogP contribution is -2.31. The number of halogens is 2. The lowest BCUT2D eigenvalue weighted by molar-refractivity contribution is 0.0911. The third kappa shape index (κ3) is 5.74. The van der Waals surface area contributed by atoms with E-state index in [-0.39, 0.29) is 24.9 Å². The minimum Gasteiger partial charge on any atom is -0.394 e. The number of carbonyl (C=O) groups excluding carboxylic acids is 1. The van der Waals surface area contributed by atoms with E-state index < -0.39 is 11.9 Å². The number of aromatic nitrogens is 3. The molecule has 8 nitrogen and oxygen atoms in total. The summed E-state index contributed by atoms with van der Waals surface area (Å²) in [7, 11) is 0. The Balaban J connectivity index is 1.78. The fourth-order valence-electron chi connectivity index (χ4n) is 2.95. The molecule has 0 bridgehead atoms. The van der Waals surface area contributed by atoms with E-state index in [1.807, 2.05) is 6.92 Å². The van der Waals surface area contributed by atoms with Crippen molar-refractivity contribution in [3.63, 3.8) is 0 Å². The smallest absolute Gasteiger partial charge is 0.272 e. The highest BCUT2D eigenvalue weighted by Gasteiger charge is 2.18. The van der Waals surface area contributed by atoms with Crippen molar-refractivity contribution in [2.45, 2.75) is 25.4 Å². The minimum atomic E-state index is -0.624. The second-order valence-corrected chi connectivity index (χ2v) is 7.73. The monoisotopic (exact) mass is 463 g/mol. The van der Waals surface area contributed by atoms with Crippen LogP contribution < -0.4 is 10.6 Å². The molecule has 3 aromatic rings. The number of anilines is 1. The first-order chi connectivity index (χ1) is 14.9. The van der Waals surface area contributed by atoms with E-state index in [0.717, 1.165) is 6.42 Å². The zero-order valence-corrected chi connectivity index (χ0v) is 18.3. The van der Waals surface area contributed by atoms with Crippen LogP contribution >= 0.6 is 23.2 Å². The number of rotatable bonds is 9. The standard InChI is InChI=1S/C21H23Cl2N5O3/c1-2-15(10-29)26-20-7-19(16(23)8-24-20)28-9-17(25-12-28)21(31)27-18(11-30)13-4-3-5-14(22)6-13/h3-9,12,15,18,29-30H,2,10-11H2,1H3,(H,24,26)(H,27,31). The van der Waals surface area contributed by atoms with Gasteiger partial charge in [-0.1, -0.05) is 42.3 Å². The van der Waals surface area contributed by atoms with Crippen LogP contribution in [0.2, 0.25) is 10.0 Å². The van der Waals surface area contributed by atoms with Gasteiger partial charge in [-0.25, -0.2) is 9.97 Å². The molecule has 31 heavy (non-hydrogen) atoms. The predicted molar refractivity (Wildman–Crippen MR) is 120 cm³/mol. The maximum Gasteiger partial charge on any atom is 0.272 e. The topological polar surface area (TPSA) is 112 Å². The quantitative estimate of drug-likeness (QED) is 0.387. The average Bonchev–Trinajstić information content (AvgIpc) is 3.27. The van der Waals surface area contributed by atoms with Crippen LogP contribution in [0.3, 0.4) is 0 Å². The van der Waals surface area contributed by atoms with Gasteiger partial charge in [0.2, 0.25) is 0 Å². The number of aliphatic hydroxyl groups excluding tert-OH is 2. The first-order valence-corrected chi connectivity index (χ1v) is 10.4. The molecule has 1 aromatic carbocycles. The van der Waals surface area contributed by atoms with Gasteiger partial charge in [-0.3, -0.25) is 4.79 Å². The zero-order chi connectivity index (χ0) is 22.4. The van der Waals surface area contributed by atoms with E-state index in [1.54, 1.807) is 34.9 Å². The molecule has 2 atom stereocenters.